The third-order valence-electron chi connectivity index (χ3n) is 2.74. The number of halogens is 2. The number of nitrogen functional groups attached to an aromatic ring is 1. The van der Waals surface area contributed by atoms with Crippen LogP contribution in [0.25, 0.3) is 10.2 Å². The lowest BCUT2D eigenvalue weighted by Crippen LogP contribution is -2.00. The number of nitrogens with zero attached hydrogens (tertiary/aromatic N) is 2. The van der Waals surface area contributed by atoms with E-state index in [1.807, 2.05) is 13.0 Å². The minimum atomic E-state index is 0.213. The largest absolute Gasteiger partial charge is 0.368 e. The van der Waals surface area contributed by atoms with Crippen molar-refractivity contribution in [2.75, 3.05) is 11.1 Å². The molecular formula is C13H10Cl2N4S. The minimum absolute atomic E-state index is 0.213. The SMILES string of the molecule is Cc1cc2c(Nc3c(Cl)cccc3Cl)nc(N)nc2s1. The number of aryl methyl sites for hydroxylation is 1. The highest BCUT2D eigenvalue weighted by Gasteiger charge is 2.12. The third kappa shape index (κ3) is 2.40. The Balaban J connectivity index is 2.15. The second kappa shape index (κ2) is 5.09. The molecule has 0 radical (unpaired) electrons. The first-order chi connectivity index (χ1) is 9.54. The van der Waals surface area contributed by atoms with Gasteiger partial charge in [0.25, 0.3) is 0 Å². The number of hydrogen-bond acceptors (Lipinski definition) is 5. The molecule has 0 aliphatic carbocycles. The van der Waals surface area contributed by atoms with Gasteiger partial charge in [0.05, 0.1) is 21.1 Å². The molecule has 102 valence electrons. The van der Waals surface area contributed by atoms with Gasteiger partial charge >= 0.3 is 0 Å². The molecule has 7 heteroatoms. The van der Waals surface area contributed by atoms with Crippen molar-refractivity contribution in [1.82, 2.24) is 9.97 Å². The molecule has 0 saturated heterocycles. The molecule has 3 aromatic rings. The molecule has 4 nitrogen and oxygen atoms in total. The highest BCUT2D eigenvalue weighted by atomic mass is 35.5. The molecule has 3 rings (SSSR count). The van der Waals surface area contributed by atoms with Crippen LogP contribution in [0.2, 0.25) is 10.0 Å². The van der Waals surface area contributed by atoms with Crippen molar-refractivity contribution >= 4 is 62.2 Å². The number of nitrogens with two attached hydrogens (primary N) is 1. The predicted octanol–water partition coefficient (Wildman–Crippen LogP) is 4.63. The van der Waals surface area contributed by atoms with Gasteiger partial charge in [-0.3, -0.25) is 0 Å². The highest BCUT2D eigenvalue weighted by Crippen LogP contribution is 2.36. The van der Waals surface area contributed by atoms with Crippen molar-refractivity contribution < 1.29 is 0 Å². The molecule has 2 aromatic heterocycles. The fraction of sp³-hybridized carbons (Fsp3) is 0.0769. The molecule has 0 aliphatic heterocycles. The summed E-state index contributed by atoms with van der Waals surface area (Å²) in [6, 6.07) is 7.31. The van der Waals surface area contributed by atoms with Gasteiger partial charge in [-0.25, -0.2) is 4.98 Å². The number of nitrogens with one attached hydrogen (secondary N) is 1. The van der Waals surface area contributed by atoms with Gasteiger partial charge in [-0.2, -0.15) is 4.98 Å². The normalized spacial score (nSPS) is 10.9. The van der Waals surface area contributed by atoms with Gasteiger partial charge in [-0.1, -0.05) is 29.3 Å². The zero-order valence-electron chi connectivity index (χ0n) is 10.4. The van der Waals surface area contributed by atoms with E-state index >= 15 is 0 Å². The quantitative estimate of drug-likeness (QED) is 0.721. The maximum Gasteiger partial charge on any atom is 0.223 e. The van der Waals surface area contributed by atoms with Crippen LogP contribution in [0.3, 0.4) is 0 Å². The number of benzene rings is 1. The van der Waals surface area contributed by atoms with Crippen LogP contribution in [0, 0.1) is 6.92 Å². The smallest absolute Gasteiger partial charge is 0.223 e. The van der Waals surface area contributed by atoms with E-state index in [0.29, 0.717) is 21.6 Å². The Morgan fingerprint density at radius 1 is 1.20 bits per heavy atom. The molecule has 0 saturated carbocycles. The summed E-state index contributed by atoms with van der Waals surface area (Å²) >= 11 is 13.9. The van der Waals surface area contributed by atoms with E-state index in [1.165, 1.54) is 0 Å². The van der Waals surface area contributed by atoms with Crippen molar-refractivity contribution in [2.45, 2.75) is 6.92 Å². The Kier molecular flexibility index (Phi) is 3.41. The van der Waals surface area contributed by atoms with E-state index in [1.54, 1.807) is 29.5 Å². The number of para-hydroxylation sites is 1. The summed E-state index contributed by atoms with van der Waals surface area (Å²) in [7, 11) is 0. The number of hydrogen-bond donors (Lipinski definition) is 2. The first-order valence-corrected chi connectivity index (χ1v) is 7.36. The topological polar surface area (TPSA) is 63.8 Å². The fourth-order valence-corrected chi connectivity index (χ4v) is 3.27. The molecule has 3 N–H and O–H groups in total. The molecule has 0 fully saturated rings. The average molecular weight is 325 g/mol. The minimum Gasteiger partial charge on any atom is -0.368 e. The Morgan fingerprint density at radius 2 is 1.90 bits per heavy atom. The predicted molar refractivity (Wildman–Crippen MR) is 86.3 cm³/mol. The van der Waals surface area contributed by atoms with Gasteiger partial charge in [-0.05, 0) is 25.1 Å². The maximum atomic E-state index is 6.16. The van der Waals surface area contributed by atoms with E-state index in [4.69, 9.17) is 28.9 Å². The summed E-state index contributed by atoms with van der Waals surface area (Å²) in [5, 5.41) is 5.10. The molecule has 0 amide bonds. The lowest BCUT2D eigenvalue weighted by Gasteiger charge is -2.10. The zero-order valence-corrected chi connectivity index (χ0v) is 12.8. The molecular weight excluding hydrogens is 315 g/mol. The van der Waals surface area contributed by atoms with Crippen LogP contribution in [-0.4, -0.2) is 9.97 Å². The number of thiophene rings is 1. The highest BCUT2D eigenvalue weighted by molar-refractivity contribution is 7.18. The second-order valence-corrected chi connectivity index (χ2v) is 6.28. The van der Waals surface area contributed by atoms with Crippen LogP contribution in [-0.2, 0) is 0 Å². The van der Waals surface area contributed by atoms with Gasteiger partial charge in [0, 0.05) is 4.88 Å². The molecule has 2 heterocycles. The van der Waals surface area contributed by atoms with E-state index in [0.717, 1.165) is 15.1 Å². The van der Waals surface area contributed by atoms with E-state index in [2.05, 4.69) is 15.3 Å². The molecule has 0 unspecified atom stereocenters. The standard InChI is InChI=1S/C13H10Cl2N4S/c1-6-5-7-11(18-13(16)19-12(7)20-6)17-10-8(14)3-2-4-9(10)15/h2-5H,1H3,(H3,16,17,18,19). The number of fused-ring (bicyclic) bond motifs is 1. The third-order valence-corrected chi connectivity index (χ3v) is 4.31. The monoisotopic (exact) mass is 324 g/mol. The van der Waals surface area contributed by atoms with Crippen molar-refractivity contribution in [3.05, 3.63) is 39.2 Å². The van der Waals surface area contributed by atoms with Crippen molar-refractivity contribution in [1.29, 1.82) is 0 Å². The summed E-state index contributed by atoms with van der Waals surface area (Å²) < 4.78 is 0. The van der Waals surface area contributed by atoms with Gasteiger partial charge in [0.15, 0.2) is 0 Å². The Bertz CT molecular complexity index is 780. The molecule has 20 heavy (non-hydrogen) atoms. The van der Waals surface area contributed by atoms with Crippen LogP contribution in [0.5, 0.6) is 0 Å². The summed E-state index contributed by atoms with van der Waals surface area (Å²) in [6.45, 7) is 2.01. The van der Waals surface area contributed by atoms with E-state index < -0.39 is 0 Å². The maximum absolute atomic E-state index is 6.16. The summed E-state index contributed by atoms with van der Waals surface area (Å²) in [5.74, 6) is 0.817. The molecule has 0 spiro atoms. The molecule has 1 aromatic carbocycles. The summed E-state index contributed by atoms with van der Waals surface area (Å²) in [5.41, 5.74) is 6.35. The lowest BCUT2D eigenvalue weighted by atomic mass is 10.3. The van der Waals surface area contributed by atoms with Gasteiger partial charge in [0.1, 0.15) is 10.6 Å². The fourth-order valence-electron chi connectivity index (χ4n) is 1.89. The lowest BCUT2D eigenvalue weighted by molar-refractivity contribution is 1.24. The molecule has 0 bridgehead atoms. The number of anilines is 3. The van der Waals surface area contributed by atoms with Crippen LogP contribution >= 0.6 is 34.5 Å². The summed E-state index contributed by atoms with van der Waals surface area (Å²) in [4.78, 5) is 10.4. The van der Waals surface area contributed by atoms with Crippen LogP contribution < -0.4 is 11.1 Å². The average Bonchev–Trinajstić information content (AvgIpc) is 2.74. The first kappa shape index (κ1) is 13.4. The Hall–Kier alpha value is -1.56. The van der Waals surface area contributed by atoms with Gasteiger partial charge in [-0.15, -0.1) is 11.3 Å². The van der Waals surface area contributed by atoms with Crippen molar-refractivity contribution in [3.63, 3.8) is 0 Å². The van der Waals surface area contributed by atoms with Gasteiger partial charge < -0.3 is 11.1 Å². The first-order valence-electron chi connectivity index (χ1n) is 5.79. The van der Waals surface area contributed by atoms with Crippen molar-refractivity contribution in [2.24, 2.45) is 0 Å². The van der Waals surface area contributed by atoms with Crippen LogP contribution in [0.15, 0.2) is 24.3 Å². The number of rotatable bonds is 2. The summed E-state index contributed by atoms with van der Waals surface area (Å²) in [6.07, 6.45) is 0. The Morgan fingerprint density at radius 3 is 2.60 bits per heavy atom. The number of aromatic nitrogens is 2. The molecule has 0 atom stereocenters. The molecule has 0 aliphatic rings. The van der Waals surface area contributed by atoms with Crippen LogP contribution in [0.1, 0.15) is 4.88 Å². The van der Waals surface area contributed by atoms with Gasteiger partial charge in [0.2, 0.25) is 5.95 Å². The van der Waals surface area contributed by atoms with E-state index in [-0.39, 0.29) is 5.95 Å². The van der Waals surface area contributed by atoms with Crippen molar-refractivity contribution in [3.8, 4) is 0 Å². The Labute approximate surface area is 129 Å². The van der Waals surface area contributed by atoms with Crippen LogP contribution in [0.4, 0.5) is 17.5 Å². The van der Waals surface area contributed by atoms with E-state index in [9.17, 15) is 0 Å². The second-order valence-electron chi connectivity index (χ2n) is 4.23. The zero-order chi connectivity index (χ0) is 14.3.